The lowest BCUT2D eigenvalue weighted by molar-refractivity contribution is 0.632. The third-order valence-electron chi connectivity index (χ3n) is 2.36. The van der Waals surface area contributed by atoms with Gasteiger partial charge < -0.3 is 0 Å². The highest BCUT2D eigenvalue weighted by Gasteiger charge is 2.18. The zero-order valence-corrected chi connectivity index (χ0v) is 11.0. The van der Waals surface area contributed by atoms with Crippen LogP contribution in [0.15, 0.2) is 10.7 Å². The van der Waals surface area contributed by atoms with Gasteiger partial charge in [0.15, 0.2) is 5.82 Å². The second-order valence-electron chi connectivity index (χ2n) is 3.29. The van der Waals surface area contributed by atoms with Gasteiger partial charge in [-0.15, -0.1) is 0 Å². The maximum Gasteiger partial charge on any atom is 0.224 e. The van der Waals surface area contributed by atoms with Crippen LogP contribution in [-0.4, -0.2) is 20.2 Å². The smallest absolute Gasteiger partial charge is 0.224 e. The standard InChI is InChI=1S/C9H2BrCl2FN4/c10-4-2-1-14-17-6(2)3-7(5(4)13)15-9(12)16-8(3)11/h1H,(H,14,17). The van der Waals surface area contributed by atoms with Crippen LogP contribution in [-0.2, 0) is 0 Å². The lowest BCUT2D eigenvalue weighted by Gasteiger charge is -2.05. The molecule has 4 nitrogen and oxygen atoms in total. The first-order valence-electron chi connectivity index (χ1n) is 4.42. The average molecular weight is 336 g/mol. The number of hydrogen-bond donors (Lipinski definition) is 1. The molecule has 0 atom stereocenters. The number of H-pyrrole nitrogens is 1. The Balaban J connectivity index is 2.70. The lowest BCUT2D eigenvalue weighted by atomic mass is 10.2. The van der Waals surface area contributed by atoms with Gasteiger partial charge in [-0.25, -0.2) is 14.4 Å². The van der Waals surface area contributed by atoms with Crippen molar-refractivity contribution in [3.8, 4) is 0 Å². The van der Waals surface area contributed by atoms with E-state index in [1.807, 2.05) is 0 Å². The van der Waals surface area contributed by atoms with E-state index in [1.165, 1.54) is 6.20 Å². The van der Waals surface area contributed by atoms with Crippen LogP contribution >= 0.6 is 39.1 Å². The molecule has 0 fully saturated rings. The zero-order valence-electron chi connectivity index (χ0n) is 7.93. The summed E-state index contributed by atoms with van der Waals surface area (Å²) in [6, 6.07) is 0. The highest BCUT2D eigenvalue weighted by atomic mass is 79.9. The molecule has 0 saturated carbocycles. The molecule has 0 spiro atoms. The highest BCUT2D eigenvalue weighted by molar-refractivity contribution is 9.10. The predicted octanol–water partition coefficient (Wildman–Crippen LogP) is 3.71. The van der Waals surface area contributed by atoms with Crippen LogP contribution < -0.4 is 0 Å². The Kier molecular flexibility index (Phi) is 2.46. The minimum Gasteiger partial charge on any atom is -0.277 e. The molecule has 0 aliphatic carbocycles. The largest absolute Gasteiger partial charge is 0.277 e. The van der Waals surface area contributed by atoms with Crippen molar-refractivity contribution in [2.75, 3.05) is 0 Å². The van der Waals surface area contributed by atoms with Crippen molar-refractivity contribution in [1.82, 2.24) is 20.2 Å². The first-order valence-corrected chi connectivity index (χ1v) is 5.97. The van der Waals surface area contributed by atoms with Crippen LogP contribution in [0.2, 0.25) is 10.4 Å². The molecule has 1 N–H and O–H groups in total. The summed E-state index contributed by atoms with van der Waals surface area (Å²) in [5, 5.41) is 7.50. The number of rotatable bonds is 0. The maximum atomic E-state index is 14.1. The molecule has 3 aromatic rings. The van der Waals surface area contributed by atoms with E-state index in [4.69, 9.17) is 23.2 Å². The van der Waals surface area contributed by atoms with Crippen molar-refractivity contribution < 1.29 is 4.39 Å². The summed E-state index contributed by atoms with van der Waals surface area (Å²) in [5.41, 5.74) is 0.619. The van der Waals surface area contributed by atoms with E-state index >= 15 is 0 Å². The van der Waals surface area contributed by atoms with Crippen molar-refractivity contribution in [1.29, 1.82) is 0 Å². The van der Waals surface area contributed by atoms with Crippen LogP contribution in [0.1, 0.15) is 0 Å². The van der Waals surface area contributed by atoms with Crippen molar-refractivity contribution in [2.45, 2.75) is 0 Å². The Labute approximate surface area is 112 Å². The first-order chi connectivity index (χ1) is 8.09. The van der Waals surface area contributed by atoms with Crippen molar-refractivity contribution in [2.24, 2.45) is 0 Å². The van der Waals surface area contributed by atoms with E-state index in [1.54, 1.807) is 0 Å². The second kappa shape index (κ2) is 3.76. The van der Waals surface area contributed by atoms with Gasteiger partial charge in [0.1, 0.15) is 10.7 Å². The molecule has 86 valence electrons. The van der Waals surface area contributed by atoms with Crippen molar-refractivity contribution in [3.63, 3.8) is 0 Å². The molecule has 0 bridgehead atoms. The van der Waals surface area contributed by atoms with Gasteiger partial charge in [-0.2, -0.15) is 5.10 Å². The lowest BCUT2D eigenvalue weighted by Crippen LogP contribution is -1.93. The summed E-state index contributed by atoms with van der Waals surface area (Å²) < 4.78 is 14.3. The quantitative estimate of drug-likeness (QED) is 0.503. The Hall–Kier alpha value is -0.980. The molecule has 1 aromatic carbocycles. The molecule has 3 rings (SSSR count). The van der Waals surface area contributed by atoms with Gasteiger partial charge >= 0.3 is 0 Å². The molecule has 2 heterocycles. The van der Waals surface area contributed by atoms with Gasteiger partial charge in [-0.05, 0) is 27.5 Å². The third-order valence-corrected chi connectivity index (χ3v) is 3.58. The third kappa shape index (κ3) is 1.51. The molecule has 17 heavy (non-hydrogen) atoms. The number of aromatic nitrogens is 4. The zero-order chi connectivity index (χ0) is 12.2. The van der Waals surface area contributed by atoms with E-state index in [0.29, 0.717) is 16.3 Å². The van der Waals surface area contributed by atoms with Gasteiger partial charge in [0.2, 0.25) is 5.28 Å². The van der Waals surface area contributed by atoms with Crippen molar-refractivity contribution >= 4 is 60.9 Å². The fraction of sp³-hybridized carbons (Fsp3) is 0. The maximum absolute atomic E-state index is 14.1. The first kappa shape index (κ1) is 11.1. The van der Waals surface area contributed by atoms with E-state index in [0.717, 1.165) is 0 Å². The van der Waals surface area contributed by atoms with E-state index in [9.17, 15) is 4.39 Å². The molecule has 0 radical (unpaired) electrons. The number of nitrogens with zero attached hydrogens (tertiary/aromatic N) is 3. The minimum absolute atomic E-state index is 0.0543. The minimum atomic E-state index is -0.542. The monoisotopic (exact) mass is 334 g/mol. The molecule has 0 saturated heterocycles. The Morgan fingerprint density at radius 2 is 2.06 bits per heavy atom. The van der Waals surface area contributed by atoms with Crippen LogP contribution in [0.3, 0.4) is 0 Å². The number of nitrogens with one attached hydrogen (secondary N) is 1. The summed E-state index contributed by atoms with van der Waals surface area (Å²) in [6.45, 7) is 0. The predicted molar refractivity (Wildman–Crippen MR) is 66.9 cm³/mol. The van der Waals surface area contributed by atoms with E-state index in [2.05, 4.69) is 36.1 Å². The number of aromatic amines is 1. The van der Waals surface area contributed by atoms with Crippen LogP contribution in [0.4, 0.5) is 4.39 Å². The Morgan fingerprint density at radius 1 is 1.29 bits per heavy atom. The normalized spacial score (nSPS) is 11.5. The molecule has 0 aliphatic rings. The van der Waals surface area contributed by atoms with Gasteiger partial charge in [0.25, 0.3) is 0 Å². The second-order valence-corrected chi connectivity index (χ2v) is 4.78. The molecular weight excluding hydrogens is 334 g/mol. The van der Waals surface area contributed by atoms with E-state index in [-0.39, 0.29) is 20.4 Å². The summed E-state index contributed by atoms with van der Waals surface area (Å²) in [4.78, 5) is 7.64. The molecule has 0 aliphatic heterocycles. The SMILES string of the molecule is Fc1c(Br)c2cn[nH]c2c2c(Cl)nc(Cl)nc12. The van der Waals surface area contributed by atoms with Crippen LogP contribution in [0.25, 0.3) is 21.8 Å². The summed E-state index contributed by atoms with van der Waals surface area (Å²) in [7, 11) is 0. The number of fused-ring (bicyclic) bond motifs is 3. The Morgan fingerprint density at radius 3 is 2.82 bits per heavy atom. The van der Waals surface area contributed by atoms with Gasteiger partial charge in [-0.1, -0.05) is 11.6 Å². The van der Waals surface area contributed by atoms with Crippen LogP contribution in [0.5, 0.6) is 0 Å². The number of halogens is 4. The summed E-state index contributed by atoms with van der Waals surface area (Å²) >= 11 is 14.8. The topological polar surface area (TPSA) is 54.5 Å². The van der Waals surface area contributed by atoms with Gasteiger partial charge in [0, 0.05) is 5.39 Å². The summed E-state index contributed by atoms with van der Waals surface area (Å²) in [6.07, 6.45) is 1.49. The number of hydrogen-bond acceptors (Lipinski definition) is 3. The van der Waals surface area contributed by atoms with E-state index < -0.39 is 5.82 Å². The molecular formula is C9H2BrCl2FN4. The van der Waals surface area contributed by atoms with Crippen LogP contribution in [0, 0.1) is 5.82 Å². The fourth-order valence-electron chi connectivity index (χ4n) is 1.65. The highest BCUT2D eigenvalue weighted by Crippen LogP contribution is 2.36. The molecule has 2 aromatic heterocycles. The molecule has 0 amide bonds. The fourth-order valence-corrected chi connectivity index (χ4v) is 2.62. The molecule has 0 unspecified atom stereocenters. The van der Waals surface area contributed by atoms with Gasteiger partial charge in [-0.3, -0.25) is 5.10 Å². The summed E-state index contributed by atoms with van der Waals surface area (Å²) in [5.74, 6) is -0.542. The van der Waals surface area contributed by atoms with Gasteiger partial charge in [0.05, 0.1) is 21.6 Å². The molecule has 8 heteroatoms. The Bertz CT molecular complexity index is 758. The number of benzene rings is 1. The average Bonchev–Trinajstić information content (AvgIpc) is 2.73. The van der Waals surface area contributed by atoms with Crippen molar-refractivity contribution in [3.05, 3.63) is 26.9 Å².